The van der Waals surface area contributed by atoms with E-state index in [1.165, 1.54) is 16.8 Å². The molecule has 2 amide bonds. The van der Waals surface area contributed by atoms with Crippen LogP contribution in [-0.2, 0) is 6.54 Å². The van der Waals surface area contributed by atoms with Crippen LogP contribution in [-0.4, -0.2) is 69.5 Å². The molecule has 0 spiro atoms. The molecule has 0 bridgehead atoms. The van der Waals surface area contributed by atoms with Gasteiger partial charge in [-0.2, -0.15) is 5.10 Å². The van der Waals surface area contributed by atoms with E-state index in [2.05, 4.69) is 15.3 Å². The number of hydrogen-bond donors (Lipinski definition) is 1. The van der Waals surface area contributed by atoms with Gasteiger partial charge in [0.25, 0.3) is 17.5 Å². The number of piperazine rings is 1. The number of aromatic nitrogens is 2. The molecule has 33 heavy (non-hydrogen) atoms. The molecule has 10 nitrogen and oxygen atoms in total. The molecule has 3 aromatic rings. The Morgan fingerprint density at radius 1 is 1.00 bits per heavy atom. The Balaban J connectivity index is 1.32. The number of carbonyl (C=O) groups is 2. The van der Waals surface area contributed by atoms with Gasteiger partial charge in [-0.15, -0.1) is 0 Å². The van der Waals surface area contributed by atoms with E-state index < -0.39 is 4.92 Å². The predicted molar refractivity (Wildman–Crippen MR) is 121 cm³/mol. The highest BCUT2D eigenvalue weighted by Gasteiger charge is 2.20. The topological polar surface area (TPSA) is 114 Å². The van der Waals surface area contributed by atoms with Crippen molar-refractivity contribution in [1.29, 1.82) is 0 Å². The standard InChI is InChI=1S/C23H24N6O4/c1-26-12-14-27(15-13-26)23(31)18-4-2-17(3-5-18)16-24-22(30)21-10-11-28(25-21)19-6-8-20(9-7-19)29(32)33/h2-11H,12-16H2,1H3,(H,24,30). The number of likely N-dealkylation sites (N-methyl/N-ethyl adjacent to an activating group) is 1. The fourth-order valence-electron chi connectivity index (χ4n) is 3.55. The minimum Gasteiger partial charge on any atom is -0.347 e. The van der Waals surface area contributed by atoms with E-state index in [0.717, 1.165) is 31.7 Å². The number of nitro groups is 1. The Kier molecular flexibility index (Phi) is 6.45. The van der Waals surface area contributed by atoms with E-state index in [1.54, 1.807) is 36.5 Å². The molecule has 10 heteroatoms. The second-order valence-electron chi connectivity index (χ2n) is 7.89. The van der Waals surface area contributed by atoms with Crippen molar-refractivity contribution in [2.45, 2.75) is 6.54 Å². The normalized spacial score (nSPS) is 14.2. The molecule has 0 atom stereocenters. The Morgan fingerprint density at radius 3 is 2.30 bits per heavy atom. The predicted octanol–water partition coefficient (Wildman–Crippen LogP) is 2.10. The Bertz CT molecular complexity index is 1150. The number of rotatable bonds is 6. The van der Waals surface area contributed by atoms with Crippen molar-refractivity contribution >= 4 is 17.5 Å². The lowest BCUT2D eigenvalue weighted by molar-refractivity contribution is -0.384. The molecule has 4 rings (SSSR count). The van der Waals surface area contributed by atoms with Gasteiger partial charge in [-0.25, -0.2) is 4.68 Å². The van der Waals surface area contributed by atoms with E-state index in [-0.39, 0.29) is 23.2 Å². The number of carbonyl (C=O) groups excluding carboxylic acids is 2. The first-order valence-electron chi connectivity index (χ1n) is 10.6. The van der Waals surface area contributed by atoms with Crippen molar-refractivity contribution in [3.05, 3.63) is 87.7 Å². The third-order valence-corrected chi connectivity index (χ3v) is 5.59. The number of nitro benzene ring substituents is 1. The molecule has 1 saturated heterocycles. The van der Waals surface area contributed by atoms with Crippen molar-refractivity contribution < 1.29 is 14.5 Å². The first-order chi connectivity index (χ1) is 15.9. The van der Waals surface area contributed by atoms with Gasteiger partial charge < -0.3 is 15.1 Å². The van der Waals surface area contributed by atoms with E-state index in [1.807, 2.05) is 24.1 Å². The molecule has 2 aromatic carbocycles. The summed E-state index contributed by atoms with van der Waals surface area (Å²) < 4.78 is 1.48. The van der Waals surface area contributed by atoms with Crippen molar-refractivity contribution in [3.8, 4) is 5.69 Å². The third-order valence-electron chi connectivity index (χ3n) is 5.59. The molecule has 1 fully saturated rings. The van der Waals surface area contributed by atoms with Gasteiger partial charge in [0.2, 0.25) is 0 Å². The van der Waals surface area contributed by atoms with Crippen LogP contribution in [0, 0.1) is 10.1 Å². The highest BCUT2D eigenvalue weighted by molar-refractivity contribution is 5.94. The Hall–Kier alpha value is -4.05. The van der Waals surface area contributed by atoms with Crippen molar-refractivity contribution in [2.75, 3.05) is 33.2 Å². The first-order valence-corrected chi connectivity index (χ1v) is 10.6. The maximum Gasteiger partial charge on any atom is 0.272 e. The maximum atomic E-state index is 12.6. The molecular weight excluding hydrogens is 424 g/mol. The first kappa shape index (κ1) is 22.2. The monoisotopic (exact) mass is 448 g/mol. The molecule has 0 unspecified atom stereocenters. The smallest absolute Gasteiger partial charge is 0.272 e. The third kappa shape index (κ3) is 5.24. The molecule has 0 aliphatic carbocycles. The summed E-state index contributed by atoms with van der Waals surface area (Å²) >= 11 is 0. The van der Waals surface area contributed by atoms with Crippen LogP contribution in [0.1, 0.15) is 26.4 Å². The highest BCUT2D eigenvalue weighted by Crippen LogP contribution is 2.15. The molecule has 1 aliphatic heterocycles. The van der Waals surface area contributed by atoms with Crippen LogP contribution < -0.4 is 5.32 Å². The average molecular weight is 448 g/mol. The molecule has 2 heterocycles. The molecule has 170 valence electrons. The molecule has 1 aliphatic rings. The SMILES string of the molecule is CN1CCN(C(=O)c2ccc(CNC(=O)c3ccn(-c4ccc([N+](=O)[O-])cc4)n3)cc2)CC1. The molecular formula is C23H24N6O4. The Labute approximate surface area is 190 Å². The Morgan fingerprint density at radius 2 is 1.67 bits per heavy atom. The number of non-ortho nitro benzene ring substituents is 1. The number of amides is 2. The summed E-state index contributed by atoms with van der Waals surface area (Å²) in [5.74, 6) is -0.316. The van der Waals surface area contributed by atoms with Gasteiger partial charge in [0.15, 0.2) is 5.69 Å². The fourth-order valence-corrected chi connectivity index (χ4v) is 3.55. The minimum atomic E-state index is -0.472. The van der Waals surface area contributed by atoms with Gasteiger partial charge >= 0.3 is 0 Å². The summed E-state index contributed by atoms with van der Waals surface area (Å²) in [4.78, 5) is 39.5. The lowest BCUT2D eigenvalue weighted by Crippen LogP contribution is -2.47. The van der Waals surface area contributed by atoms with Crippen LogP contribution in [0.25, 0.3) is 5.69 Å². The van der Waals surface area contributed by atoms with Crippen LogP contribution in [0.4, 0.5) is 5.69 Å². The number of nitrogens with zero attached hydrogens (tertiary/aromatic N) is 5. The van der Waals surface area contributed by atoms with Gasteiger partial charge in [-0.05, 0) is 42.9 Å². The zero-order valence-electron chi connectivity index (χ0n) is 18.2. The van der Waals surface area contributed by atoms with E-state index in [4.69, 9.17) is 0 Å². The van der Waals surface area contributed by atoms with Crippen molar-refractivity contribution in [2.24, 2.45) is 0 Å². The van der Waals surface area contributed by atoms with E-state index >= 15 is 0 Å². The van der Waals surface area contributed by atoms with Crippen LogP contribution in [0.5, 0.6) is 0 Å². The zero-order valence-corrected chi connectivity index (χ0v) is 18.2. The summed E-state index contributed by atoms with van der Waals surface area (Å²) in [7, 11) is 2.05. The second-order valence-corrected chi connectivity index (χ2v) is 7.89. The lowest BCUT2D eigenvalue weighted by Gasteiger charge is -2.32. The van der Waals surface area contributed by atoms with Gasteiger partial charge in [0, 0.05) is 56.6 Å². The summed E-state index contributed by atoms with van der Waals surface area (Å²) in [5, 5.41) is 17.8. The average Bonchev–Trinajstić information content (AvgIpc) is 3.33. The summed E-state index contributed by atoms with van der Waals surface area (Å²) in [6.07, 6.45) is 1.62. The molecule has 0 radical (unpaired) electrons. The van der Waals surface area contributed by atoms with Crippen molar-refractivity contribution in [3.63, 3.8) is 0 Å². The number of hydrogen-bond acceptors (Lipinski definition) is 6. The van der Waals surface area contributed by atoms with Gasteiger partial charge in [0.1, 0.15) is 0 Å². The van der Waals surface area contributed by atoms with E-state index in [0.29, 0.717) is 17.8 Å². The van der Waals surface area contributed by atoms with Gasteiger partial charge in [0.05, 0.1) is 10.6 Å². The minimum absolute atomic E-state index is 0.0138. The number of benzene rings is 2. The summed E-state index contributed by atoms with van der Waals surface area (Å²) in [5.41, 5.74) is 2.33. The largest absolute Gasteiger partial charge is 0.347 e. The molecule has 0 saturated carbocycles. The zero-order chi connectivity index (χ0) is 23.4. The van der Waals surface area contributed by atoms with E-state index in [9.17, 15) is 19.7 Å². The highest BCUT2D eigenvalue weighted by atomic mass is 16.6. The summed E-state index contributed by atoms with van der Waals surface area (Å²) in [6.45, 7) is 3.48. The molecule has 1 N–H and O–H groups in total. The number of nitrogens with one attached hydrogen (secondary N) is 1. The van der Waals surface area contributed by atoms with Gasteiger partial charge in [-0.1, -0.05) is 12.1 Å². The maximum absolute atomic E-state index is 12.6. The lowest BCUT2D eigenvalue weighted by atomic mass is 10.1. The second kappa shape index (κ2) is 9.61. The van der Waals surface area contributed by atoms with Crippen LogP contribution in [0.15, 0.2) is 60.8 Å². The van der Waals surface area contributed by atoms with Crippen LogP contribution >= 0.6 is 0 Å². The summed E-state index contributed by atoms with van der Waals surface area (Å²) in [6, 6.07) is 14.7. The quantitative estimate of drug-likeness (QED) is 0.456. The van der Waals surface area contributed by atoms with Crippen LogP contribution in [0.3, 0.4) is 0 Å². The van der Waals surface area contributed by atoms with Crippen molar-refractivity contribution in [1.82, 2.24) is 24.9 Å². The fraction of sp³-hybridized carbons (Fsp3) is 0.261. The van der Waals surface area contributed by atoms with Gasteiger partial charge in [-0.3, -0.25) is 19.7 Å². The van der Waals surface area contributed by atoms with Crippen LogP contribution in [0.2, 0.25) is 0 Å². The molecule has 1 aromatic heterocycles.